The molecule has 0 saturated carbocycles. The lowest BCUT2D eigenvalue weighted by Gasteiger charge is -2.13. The summed E-state index contributed by atoms with van der Waals surface area (Å²) in [6.07, 6.45) is 8.42. The Labute approximate surface area is 140 Å². The number of rotatable bonds is 8. The van der Waals surface area contributed by atoms with Crippen molar-refractivity contribution in [1.29, 1.82) is 0 Å². The minimum atomic E-state index is -0.000825. The Morgan fingerprint density at radius 3 is 2.52 bits per heavy atom. The molecule has 3 nitrogen and oxygen atoms in total. The lowest BCUT2D eigenvalue weighted by atomic mass is 10.0. The lowest BCUT2D eigenvalue weighted by Crippen LogP contribution is -2.24. The van der Waals surface area contributed by atoms with Gasteiger partial charge in [-0.3, -0.25) is 4.79 Å². The summed E-state index contributed by atoms with van der Waals surface area (Å²) >= 11 is 0. The van der Waals surface area contributed by atoms with E-state index in [2.05, 4.69) is 48.3 Å². The summed E-state index contributed by atoms with van der Waals surface area (Å²) in [4.78, 5) is 14.3. The van der Waals surface area contributed by atoms with Gasteiger partial charge in [0.2, 0.25) is 5.91 Å². The SMILES string of the molecule is CC(C)c1ccc(/C=C/C(=O)NCCCCN2CCCC2)cc1. The van der Waals surface area contributed by atoms with Crippen LogP contribution in [-0.4, -0.2) is 37.0 Å². The van der Waals surface area contributed by atoms with Crippen molar-refractivity contribution in [3.8, 4) is 0 Å². The fraction of sp³-hybridized carbons (Fsp3) is 0.550. The maximum atomic E-state index is 11.8. The zero-order valence-electron chi connectivity index (χ0n) is 14.6. The first-order valence-corrected chi connectivity index (χ1v) is 8.93. The molecule has 1 aliphatic rings. The molecule has 0 bridgehead atoms. The molecule has 0 aromatic heterocycles. The first-order chi connectivity index (χ1) is 11.1. The van der Waals surface area contributed by atoms with Gasteiger partial charge in [0, 0.05) is 12.6 Å². The maximum absolute atomic E-state index is 11.8. The van der Waals surface area contributed by atoms with Crippen molar-refractivity contribution in [2.45, 2.75) is 45.4 Å². The second kappa shape index (κ2) is 9.51. The predicted octanol–water partition coefficient (Wildman–Crippen LogP) is 3.82. The molecule has 1 amide bonds. The molecule has 1 aromatic rings. The number of nitrogens with one attached hydrogen (secondary N) is 1. The molecular formula is C20H30N2O. The standard InChI is InChI=1S/C20H30N2O/c1-17(2)19-10-7-18(8-11-19)9-12-20(23)21-13-3-4-14-22-15-5-6-16-22/h7-12,17H,3-6,13-16H2,1-2H3,(H,21,23)/b12-9+. The van der Waals surface area contributed by atoms with Crippen LogP contribution in [0.3, 0.4) is 0 Å². The topological polar surface area (TPSA) is 32.3 Å². The third-order valence-electron chi connectivity index (χ3n) is 4.43. The van der Waals surface area contributed by atoms with Gasteiger partial charge in [-0.05, 0) is 68.4 Å². The van der Waals surface area contributed by atoms with Crippen molar-refractivity contribution in [2.24, 2.45) is 0 Å². The van der Waals surface area contributed by atoms with Gasteiger partial charge in [-0.25, -0.2) is 0 Å². The Morgan fingerprint density at radius 1 is 1.17 bits per heavy atom. The number of hydrogen-bond acceptors (Lipinski definition) is 2. The summed E-state index contributed by atoms with van der Waals surface area (Å²) in [6, 6.07) is 8.38. The van der Waals surface area contributed by atoms with Crippen LogP contribution in [0.25, 0.3) is 6.08 Å². The molecule has 0 atom stereocenters. The summed E-state index contributed by atoms with van der Waals surface area (Å²) < 4.78 is 0. The van der Waals surface area contributed by atoms with E-state index in [1.54, 1.807) is 6.08 Å². The van der Waals surface area contributed by atoms with Gasteiger partial charge in [-0.1, -0.05) is 38.1 Å². The first kappa shape index (κ1) is 17.7. The van der Waals surface area contributed by atoms with Crippen LogP contribution in [0.2, 0.25) is 0 Å². The van der Waals surface area contributed by atoms with Crippen molar-refractivity contribution in [2.75, 3.05) is 26.2 Å². The summed E-state index contributed by atoms with van der Waals surface area (Å²) in [5, 5.41) is 2.96. The van der Waals surface area contributed by atoms with E-state index in [1.807, 2.05) is 6.08 Å². The van der Waals surface area contributed by atoms with E-state index in [0.29, 0.717) is 5.92 Å². The second-order valence-corrected chi connectivity index (χ2v) is 6.70. The van der Waals surface area contributed by atoms with Crippen molar-refractivity contribution in [3.63, 3.8) is 0 Å². The van der Waals surface area contributed by atoms with E-state index in [0.717, 1.165) is 18.5 Å². The highest BCUT2D eigenvalue weighted by atomic mass is 16.1. The van der Waals surface area contributed by atoms with Crippen molar-refractivity contribution >= 4 is 12.0 Å². The molecule has 1 aliphatic heterocycles. The first-order valence-electron chi connectivity index (χ1n) is 8.93. The number of likely N-dealkylation sites (tertiary alicyclic amines) is 1. The molecule has 3 heteroatoms. The number of amides is 1. The van der Waals surface area contributed by atoms with Crippen LogP contribution in [0.1, 0.15) is 56.6 Å². The van der Waals surface area contributed by atoms with Gasteiger partial charge in [-0.2, -0.15) is 0 Å². The Balaban J connectivity index is 1.61. The van der Waals surface area contributed by atoms with Crippen LogP contribution in [0.15, 0.2) is 30.3 Å². The van der Waals surface area contributed by atoms with Crippen molar-refractivity contribution < 1.29 is 4.79 Å². The predicted molar refractivity (Wildman–Crippen MR) is 97.5 cm³/mol. The third-order valence-corrected chi connectivity index (χ3v) is 4.43. The highest BCUT2D eigenvalue weighted by Gasteiger charge is 2.09. The summed E-state index contributed by atoms with van der Waals surface area (Å²) in [7, 11) is 0. The number of nitrogens with zero attached hydrogens (tertiary/aromatic N) is 1. The van der Waals surface area contributed by atoms with E-state index >= 15 is 0 Å². The van der Waals surface area contributed by atoms with Gasteiger partial charge in [0.15, 0.2) is 0 Å². The van der Waals surface area contributed by atoms with Crippen LogP contribution in [0.4, 0.5) is 0 Å². The molecule has 1 fully saturated rings. The highest BCUT2D eigenvalue weighted by Crippen LogP contribution is 2.15. The number of unbranched alkanes of at least 4 members (excludes halogenated alkanes) is 1. The van der Waals surface area contributed by atoms with E-state index in [9.17, 15) is 4.79 Å². The molecule has 1 N–H and O–H groups in total. The summed E-state index contributed by atoms with van der Waals surface area (Å²) in [5.74, 6) is 0.538. The van der Waals surface area contributed by atoms with Crippen LogP contribution in [-0.2, 0) is 4.79 Å². The molecule has 23 heavy (non-hydrogen) atoms. The van der Waals surface area contributed by atoms with E-state index in [-0.39, 0.29) is 5.91 Å². The molecule has 1 heterocycles. The normalized spacial score (nSPS) is 15.6. The second-order valence-electron chi connectivity index (χ2n) is 6.70. The van der Waals surface area contributed by atoms with Crippen LogP contribution in [0, 0.1) is 0 Å². The maximum Gasteiger partial charge on any atom is 0.243 e. The van der Waals surface area contributed by atoms with Gasteiger partial charge < -0.3 is 10.2 Å². The molecule has 0 aliphatic carbocycles. The average molecular weight is 314 g/mol. The van der Waals surface area contributed by atoms with Crippen molar-refractivity contribution in [1.82, 2.24) is 10.2 Å². The third kappa shape index (κ3) is 6.57. The van der Waals surface area contributed by atoms with Crippen LogP contribution in [0.5, 0.6) is 0 Å². The number of carbonyl (C=O) groups excluding carboxylic acids is 1. The van der Waals surface area contributed by atoms with Gasteiger partial charge in [-0.15, -0.1) is 0 Å². The Morgan fingerprint density at radius 2 is 1.87 bits per heavy atom. The molecule has 126 valence electrons. The zero-order valence-corrected chi connectivity index (χ0v) is 14.6. The quantitative estimate of drug-likeness (QED) is 0.584. The minimum absolute atomic E-state index is 0.000825. The van der Waals surface area contributed by atoms with Gasteiger partial charge in [0.25, 0.3) is 0 Å². The van der Waals surface area contributed by atoms with E-state index in [1.165, 1.54) is 44.5 Å². The molecule has 1 aromatic carbocycles. The molecule has 1 saturated heterocycles. The Hall–Kier alpha value is -1.61. The van der Waals surface area contributed by atoms with Crippen molar-refractivity contribution in [3.05, 3.63) is 41.5 Å². The molecule has 0 spiro atoms. The fourth-order valence-corrected chi connectivity index (χ4v) is 2.90. The Bertz CT molecular complexity index is 499. The number of benzene rings is 1. The van der Waals surface area contributed by atoms with Gasteiger partial charge in [0.1, 0.15) is 0 Å². The van der Waals surface area contributed by atoms with E-state index in [4.69, 9.17) is 0 Å². The Kier molecular flexibility index (Phi) is 7.34. The van der Waals surface area contributed by atoms with E-state index < -0.39 is 0 Å². The monoisotopic (exact) mass is 314 g/mol. The largest absolute Gasteiger partial charge is 0.353 e. The van der Waals surface area contributed by atoms with Crippen LogP contribution < -0.4 is 5.32 Å². The fourth-order valence-electron chi connectivity index (χ4n) is 2.90. The number of carbonyl (C=O) groups is 1. The molecular weight excluding hydrogens is 284 g/mol. The minimum Gasteiger partial charge on any atom is -0.353 e. The average Bonchev–Trinajstić information content (AvgIpc) is 3.06. The number of hydrogen-bond donors (Lipinski definition) is 1. The van der Waals surface area contributed by atoms with Gasteiger partial charge in [0.05, 0.1) is 0 Å². The highest BCUT2D eigenvalue weighted by molar-refractivity contribution is 5.91. The molecule has 0 radical (unpaired) electrons. The molecule has 0 unspecified atom stereocenters. The lowest BCUT2D eigenvalue weighted by molar-refractivity contribution is -0.116. The van der Waals surface area contributed by atoms with Crippen LogP contribution >= 0.6 is 0 Å². The smallest absolute Gasteiger partial charge is 0.243 e. The molecule has 2 rings (SSSR count). The zero-order chi connectivity index (χ0) is 16.5. The summed E-state index contributed by atoms with van der Waals surface area (Å²) in [6.45, 7) is 8.82. The summed E-state index contributed by atoms with van der Waals surface area (Å²) in [5.41, 5.74) is 2.39. The van der Waals surface area contributed by atoms with Gasteiger partial charge >= 0.3 is 0 Å².